The van der Waals surface area contributed by atoms with Gasteiger partial charge in [0.1, 0.15) is 32.3 Å². The molecule has 2 saturated carbocycles. The van der Waals surface area contributed by atoms with Gasteiger partial charge in [-0.25, -0.2) is 22.8 Å². The number of nitrogens with zero attached hydrogens (tertiary/aromatic N) is 4. The van der Waals surface area contributed by atoms with Crippen molar-refractivity contribution in [2.75, 3.05) is 22.1 Å². The van der Waals surface area contributed by atoms with Crippen molar-refractivity contribution >= 4 is 43.2 Å². The van der Waals surface area contributed by atoms with Gasteiger partial charge in [0.15, 0.2) is 11.6 Å². The number of rotatable bonds is 11. The van der Waals surface area contributed by atoms with Gasteiger partial charge in [-0.15, -0.1) is 24.5 Å². The lowest BCUT2D eigenvalue weighted by atomic mass is 10.1. The van der Waals surface area contributed by atoms with Crippen LogP contribution < -0.4 is 15.4 Å². The van der Waals surface area contributed by atoms with Gasteiger partial charge in [-0.1, -0.05) is 13.0 Å². The van der Waals surface area contributed by atoms with Crippen LogP contribution in [0.2, 0.25) is 0 Å². The van der Waals surface area contributed by atoms with Gasteiger partial charge in [0.25, 0.3) is 0 Å². The molecule has 0 radical (unpaired) electrons. The molecule has 0 bridgehead atoms. The van der Waals surface area contributed by atoms with E-state index in [1.807, 2.05) is 6.07 Å². The lowest BCUT2D eigenvalue weighted by Crippen LogP contribution is -2.36. The fraction of sp³-hybridized carbons (Fsp3) is 0.484. The Balaban J connectivity index is 1.35. The van der Waals surface area contributed by atoms with E-state index in [-0.39, 0.29) is 29.7 Å². The van der Waals surface area contributed by atoms with Crippen LogP contribution in [-0.2, 0) is 9.84 Å². The fourth-order valence-corrected chi connectivity index (χ4v) is 8.25. The Bertz CT molecular complexity index is 1940. The van der Waals surface area contributed by atoms with Crippen molar-refractivity contribution in [3.8, 4) is 16.3 Å². The number of hydrogen-bond donors (Lipinski definition) is 4. The number of aliphatic hydroxyl groups is 2. The number of fused-ring (bicyclic) bond motifs is 1. The average Bonchev–Trinajstić information content (AvgIpc) is 3.71. The third-order valence-electron chi connectivity index (χ3n) is 8.66. The Kier molecular flexibility index (Phi) is 9.25. The summed E-state index contributed by atoms with van der Waals surface area (Å²) < 4.78 is 81.7. The van der Waals surface area contributed by atoms with E-state index in [0.717, 1.165) is 40.9 Å². The van der Waals surface area contributed by atoms with Gasteiger partial charge in [0.2, 0.25) is 5.95 Å². The lowest BCUT2D eigenvalue weighted by Gasteiger charge is -2.22. The summed E-state index contributed by atoms with van der Waals surface area (Å²) in [6.45, 7) is 4.91. The van der Waals surface area contributed by atoms with E-state index in [9.17, 15) is 36.2 Å². The van der Waals surface area contributed by atoms with Gasteiger partial charge < -0.3 is 25.6 Å². The summed E-state index contributed by atoms with van der Waals surface area (Å²) >= 11 is 1.42. The monoisotopic (exact) mass is 710 g/mol. The van der Waals surface area contributed by atoms with E-state index in [0.29, 0.717) is 27.7 Å². The first-order valence-electron chi connectivity index (χ1n) is 15.4. The van der Waals surface area contributed by atoms with Crippen molar-refractivity contribution in [3.63, 3.8) is 0 Å². The molecule has 0 saturated heterocycles. The number of anilines is 2. The minimum Gasteiger partial charge on any atom is -0.403 e. The maximum atomic E-state index is 14.5. The Labute approximate surface area is 277 Å². The zero-order valence-electron chi connectivity index (χ0n) is 26.1. The van der Waals surface area contributed by atoms with E-state index in [1.165, 1.54) is 24.3 Å². The number of sulfone groups is 1. The number of pyridine rings is 1. The molecule has 0 amide bonds. The number of alkyl halides is 3. The minimum absolute atomic E-state index is 0.0851. The van der Waals surface area contributed by atoms with Gasteiger partial charge in [0, 0.05) is 23.8 Å². The maximum Gasteiger partial charge on any atom is 0.573 e. The van der Waals surface area contributed by atoms with E-state index < -0.39 is 58.0 Å². The molecule has 0 aliphatic heterocycles. The summed E-state index contributed by atoms with van der Waals surface area (Å²) in [5, 5.41) is 28.6. The number of halogens is 4. The number of ether oxygens (including phenoxy) is 1. The van der Waals surface area contributed by atoms with Crippen molar-refractivity contribution in [2.24, 2.45) is 5.92 Å². The van der Waals surface area contributed by atoms with Crippen LogP contribution in [0.3, 0.4) is 0 Å². The molecule has 0 unspecified atom stereocenters. The molecule has 3 aromatic heterocycles. The largest absolute Gasteiger partial charge is 0.573 e. The highest BCUT2D eigenvalue weighted by atomic mass is 32.2. The molecule has 11 nitrogen and oxygen atoms in total. The van der Waals surface area contributed by atoms with E-state index in [1.54, 1.807) is 20.0 Å². The predicted molar refractivity (Wildman–Crippen MR) is 172 cm³/mol. The number of thiazole rings is 1. The highest BCUT2D eigenvalue weighted by molar-refractivity contribution is 7.91. The minimum atomic E-state index is -5.05. The summed E-state index contributed by atoms with van der Waals surface area (Å²) in [6.07, 6.45) is -3.68. The van der Waals surface area contributed by atoms with Crippen molar-refractivity contribution in [3.05, 3.63) is 53.2 Å². The Morgan fingerprint density at radius 1 is 1.12 bits per heavy atom. The highest BCUT2D eigenvalue weighted by Gasteiger charge is 2.43. The molecule has 1 aromatic carbocycles. The first-order valence-corrected chi connectivity index (χ1v) is 18.1. The van der Waals surface area contributed by atoms with Gasteiger partial charge in [-0.05, 0) is 56.9 Å². The van der Waals surface area contributed by atoms with Gasteiger partial charge >= 0.3 is 6.36 Å². The molecule has 6 rings (SSSR count). The molecule has 4 N–H and O–H groups in total. The summed E-state index contributed by atoms with van der Waals surface area (Å²) in [5.74, 6) is -2.55. The number of benzene rings is 1. The van der Waals surface area contributed by atoms with Crippen molar-refractivity contribution in [2.45, 2.75) is 76.6 Å². The summed E-state index contributed by atoms with van der Waals surface area (Å²) in [5.41, 5.74) is 3.01. The molecule has 48 heavy (non-hydrogen) atoms. The number of aliphatic hydroxyl groups excluding tert-OH is 2. The standard InChI is InChI=1S/C31H34F4N6O5S2/c1-4-48(44,45)13-18-12-20(27(43)26(18)42)39-28-23(29-40-25-22(47-29)9-10-36-24(25)16-5-6-16)15(3)38-30(41-28)37-14(2)17-7-8-21(19(32)11-17)46-31(33,34)35/h7-11,14,16,18,20,26-27,42-43H,4-6,12-13H2,1-3H3,(H2,37,38,39,41)/t14-,18-,20-,26-,27+/m1/s1. The van der Waals surface area contributed by atoms with Crippen LogP contribution in [0.4, 0.5) is 29.3 Å². The molecule has 0 spiro atoms. The SMILES string of the molecule is CCS(=O)(=O)C[C@H]1C[C@@H](Nc2nc(N[C@H](C)c3ccc(OC(F)(F)F)c(F)c3)nc(C)c2-c2nc3c(C4CC4)nccc3s2)[C@H](O)[C@@H]1O. The molecular weight excluding hydrogens is 677 g/mol. The third-order valence-corrected chi connectivity index (χ3v) is 11.5. The summed E-state index contributed by atoms with van der Waals surface area (Å²) in [7, 11) is -3.43. The van der Waals surface area contributed by atoms with E-state index in [2.05, 4.69) is 30.3 Å². The van der Waals surface area contributed by atoms with Crippen molar-refractivity contribution in [1.82, 2.24) is 19.9 Å². The molecule has 2 aliphatic rings. The Morgan fingerprint density at radius 3 is 2.54 bits per heavy atom. The maximum absolute atomic E-state index is 14.5. The number of nitrogens with one attached hydrogen (secondary N) is 2. The highest BCUT2D eigenvalue weighted by Crippen LogP contribution is 2.45. The van der Waals surface area contributed by atoms with E-state index >= 15 is 0 Å². The Morgan fingerprint density at radius 2 is 1.88 bits per heavy atom. The fourth-order valence-electron chi connectivity index (χ4n) is 5.96. The van der Waals surface area contributed by atoms with Crippen LogP contribution in [0.1, 0.15) is 62.0 Å². The molecule has 17 heteroatoms. The van der Waals surface area contributed by atoms with Crippen molar-refractivity contribution < 1.29 is 40.9 Å². The number of hydrogen-bond acceptors (Lipinski definition) is 12. The van der Waals surface area contributed by atoms with Gasteiger partial charge in [-0.2, -0.15) is 4.98 Å². The summed E-state index contributed by atoms with van der Waals surface area (Å²) in [6, 6.07) is 3.53. The van der Waals surface area contributed by atoms with Crippen LogP contribution in [0.5, 0.6) is 5.75 Å². The second-order valence-corrected chi connectivity index (χ2v) is 15.7. The first-order chi connectivity index (χ1) is 22.6. The van der Waals surface area contributed by atoms with E-state index in [4.69, 9.17) is 4.98 Å². The third kappa shape index (κ3) is 7.33. The molecule has 258 valence electrons. The van der Waals surface area contributed by atoms with Gasteiger partial charge in [-0.3, -0.25) is 4.98 Å². The second kappa shape index (κ2) is 13.0. The number of aryl methyl sites for hydroxylation is 1. The topological polar surface area (TPSA) is 159 Å². The normalized spacial score (nSPS) is 22.2. The van der Waals surface area contributed by atoms with Crippen LogP contribution in [0, 0.1) is 18.7 Å². The molecule has 3 heterocycles. The molecule has 2 fully saturated rings. The van der Waals surface area contributed by atoms with Gasteiger partial charge in [0.05, 0.1) is 45.6 Å². The molecule has 5 atom stereocenters. The lowest BCUT2D eigenvalue weighted by molar-refractivity contribution is -0.275. The molecule has 4 aromatic rings. The van der Waals surface area contributed by atoms with Crippen LogP contribution in [0.15, 0.2) is 30.5 Å². The van der Waals surface area contributed by atoms with Crippen LogP contribution in [-0.4, -0.2) is 74.7 Å². The number of aromatic nitrogens is 4. The Hall–Kier alpha value is -3.67. The zero-order chi connectivity index (χ0) is 34.5. The quantitative estimate of drug-likeness (QED) is 0.146. The molecule has 2 aliphatic carbocycles. The molecular formula is C31H34F4N6O5S2. The van der Waals surface area contributed by atoms with Crippen LogP contribution in [0.25, 0.3) is 20.8 Å². The van der Waals surface area contributed by atoms with Crippen LogP contribution >= 0.6 is 11.3 Å². The predicted octanol–water partition coefficient (Wildman–Crippen LogP) is 5.50. The summed E-state index contributed by atoms with van der Waals surface area (Å²) in [4.78, 5) is 18.8. The second-order valence-electron chi connectivity index (χ2n) is 12.2. The zero-order valence-corrected chi connectivity index (χ0v) is 27.8. The first kappa shape index (κ1) is 34.2. The average molecular weight is 711 g/mol. The van der Waals surface area contributed by atoms with Crippen molar-refractivity contribution in [1.29, 1.82) is 0 Å². The smallest absolute Gasteiger partial charge is 0.403 e.